The van der Waals surface area contributed by atoms with Crippen LogP contribution in [0, 0.1) is 5.92 Å². The van der Waals surface area contributed by atoms with E-state index in [0.29, 0.717) is 5.92 Å². The molecule has 3 unspecified atom stereocenters. The van der Waals surface area contributed by atoms with Crippen molar-refractivity contribution in [2.45, 2.75) is 44.8 Å². The Kier molecular flexibility index (Phi) is 2.93. The van der Waals surface area contributed by atoms with E-state index in [9.17, 15) is 5.11 Å². The van der Waals surface area contributed by atoms with Gasteiger partial charge in [0.15, 0.2) is 0 Å². The van der Waals surface area contributed by atoms with E-state index in [1.54, 1.807) is 0 Å². The van der Waals surface area contributed by atoms with E-state index >= 15 is 0 Å². The SMILES string of the molecule is CC1CCOC1C(O)c1ccc2c(c1)CCC2. The van der Waals surface area contributed by atoms with Gasteiger partial charge in [0.1, 0.15) is 6.10 Å². The predicted octanol–water partition coefficient (Wildman–Crippen LogP) is 2.63. The topological polar surface area (TPSA) is 29.5 Å². The van der Waals surface area contributed by atoms with Gasteiger partial charge in [-0.05, 0) is 48.3 Å². The van der Waals surface area contributed by atoms with E-state index in [1.807, 2.05) is 0 Å². The molecule has 2 heteroatoms. The second-order valence-electron chi connectivity index (χ2n) is 5.43. The second-order valence-corrected chi connectivity index (χ2v) is 5.43. The van der Waals surface area contributed by atoms with Crippen LogP contribution in [0.2, 0.25) is 0 Å². The molecule has 1 aliphatic carbocycles. The quantitative estimate of drug-likeness (QED) is 0.849. The minimum atomic E-state index is -0.460. The molecule has 92 valence electrons. The van der Waals surface area contributed by atoms with Gasteiger partial charge in [-0.2, -0.15) is 0 Å². The summed E-state index contributed by atoms with van der Waals surface area (Å²) >= 11 is 0. The summed E-state index contributed by atoms with van der Waals surface area (Å²) in [6.07, 6.45) is 4.20. The lowest BCUT2D eigenvalue weighted by atomic mass is 9.93. The maximum absolute atomic E-state index is 10.4. The van der Waals surface area contributed by atoms with Gasteiger partial charge in [-0.15, -0.1) is 0 Å². The molecule has 1 aliphatic heterocycles. The summed E-state index contributed by atoms with van der Waals surface area (Å²) in [5.74, 6) is 0.457. The highest BCUT2D eigenvalue weighted by atomic mass is 16.5. The molecule has 0 amide bonds. The van der Waals surface area contributed by atoms with Gasteiger partial charge in [-0.1, -0.05) is 25.1 Å². The molecule has 1 fully saturated rings. The van der Waals surface area contributed by atoms with Crippen molar-refractivity contribution >= 4 is 0 Å². The van der Waals surface area contributed by atoms with Gasteiger partial charge in [-0.25, -0.2) is 0 Å². The van der Waals surface area contributed by atoms with Crippen LogP contribution in [0.3, 0.4) is 0 Å². The van der Waals surface area contributed by atoms with Gasteiger partial charge in [0.25, 0.3) is 0 Å². The van der Waals surface area contributed by atoms with Gasteiger partial charge in [0.2, 0.25) is 0 Å². The Hall–Kier alpha value is -0.860. The van der Waals surface area contributed by atoms with Crippen LogP contribution in [0.4, 0.5) is 0 Å². The summed E-state index contributed by atoms with van der Waals surface area (Å²) in [5, 5.41) is 10.4. The van der Waals surface area contributed by atoms with Gasteiger partial charge in [0, 0.05) is 6.61 Å². The molecule has 1 heterocycles. The zero-order chi connectivity index (χ0) is 11.8. The van der Waals surface area contributed by atoms with Crippen LogP contribution in [-0.2, 0) is 17.6 Å². The first-order valence-electron chi connectivity index (χ1n) is 6.67. The van der Waals surface area contributed by atoms with E-state index in [-0.39, 0.29) is 6.10 Å². The molecule has 2 aliphatic rings. The third-order valence-electron chi connectivity index (χ3n) is 4.22. The number of benzene rings is 1. The minimum Gasteiger partial charge on any atom is -0.386 e. The van der Waals surface area contributed by atoms with E-state index in [0.717, 1.165) is 25.0 Å². The monoisotopic (exact) mass is 232 g/mol. The second kappa shape index (κ2) is 4.43. The predicted molar refractivity (Wildman–Crippen MR) is 66.9 cm³/mol. The fourth-order valence-electron chi connectivity index (χ4n) is 3.09. The highest BCUT2D eigenvalue weighted by Crippen LogP contribution is 2.33. The number of aliphatic hydroxyl groups excluding tert-OH is 1. The maximum Gasteiger partial charge on any atom is 0.105 e. The van der Waals surface area contributed by atoms with E-state index < -0.39 is 6.10 Å². The fraction of sp³-hybridized carbons (Fsp3) is 0.600. The summed E-state index contributed by atoms with van der Waals surface area (Å²) in [6.45, 7) is 2.95. The van der Waals surface area contributed by atoms with Crippen LogP contribution in [0.5, 0.6) is 0 Å². The Morgan fingerprint density at radius 2 is 2.12 bits per heavy atom. The van der Waals surface area contributed by atoms with Crippen molar-refractivity contribution in [3.63, 3.8) is 0 Å². The van der Waals surface area contributed by atoms with Gasteiger partial charge >= 0.3 is 0 Å². The van der Waals surface area contributed by atoms with Crippen molar-refractivity contribution in [3.05, 3.63) is 34.9 Å². The first kappa shape index (κ1) is 11.2. The van der Waals surface area contributed by atoms with Crippen LogP contribution >= 0.6 is 0 Å². The molecule has 0 saturated carbocycles. The molecule has 0 radical (unpaired) electrons. The van der Waals surface area contributed by atoms with Crippen molar-refractivity contribution in [1.82, 2.24) is 0 Å². The zero-order valence-electron chi connectivity index (χ0n) is 10.4. The molecule has 3 atom stereocenters. The van der Waals surface area contributed by atoms with Crippen LogP contribution in [-0.4, -0.2) is 17.8 Å². The van der Waals surface area contributed by atoms with Crippen LogP contribution in [0.25, 0.3) is 0 Å². The maximum atomic E-state index is 10.4. The minimum absolute atomic E-state index is 0.0190. The fourth-order valence-corrected chi connectivity index (χ4v) is 3.09. The first-order chi connectivity index (χ1) is 8.25. The Bertz CT molecular complexity index is 413. The lowest BCUT2D eigenvalue weighted by Gasteiger charge is -2.22. The van der Waals surface area contributed by atoms with Crippen molar-refractivity contribution in [2.75, 3.05) is 6.61 Å². The Labute approximate surface area is 103 Å². The molecule has 17 heavy (non-hydrogen) atoms. The lowest BCUT2D eigenvalue weighted by molar-refractivity contribution is -0.0178. The highest BCUT2D eigenvalue weighted by Gasteiger charge is 2.32. The average molecular weight is 232 g/mol. The number of rotatable bonds is 2. The number of hydrogen-bond acceptors (Lipinski definition) is 2. The zero-order valence-corrected chi connectivity index (χ0v) is 10.4. The standard InChI is InChI=1S/C15H20O2/c1-10-7-8-17-15(10)14(16)13-6-5-11-3-2-4-12(11)9-13/h5-6,9-10,14-16H,2-4,7-8H2,1H3. The van der Waals surface area contributed by atoms with Crippen LogP contribution in [0.1, 0.15) is 42.6 Å². The summed E-state index contributed by atoms with van der Waals surface area (Å²) in [7, 11) is 0. The number of hydrogen-bond donors (Lipinski definition) is 1. The Morgan fingerprint density at radius 1 is 1.29 bits per heavy atom. The first-order valence-corrected chi connectivity index (χ1v) is 6.67. The molecule has 1 saturated heterocycles. The number of ether oxygens (including phenoxy) is 1. The normalized spacial score (nSPS) is 29.3. The lowest BCUT2D eigenvalue weighted by Crippen LogP contribution is -2.23. The third-order valence-corrected chi connectivity index (χ3v) is 4.22. The van der Waals surface area contributed by atoms with Gasteiger partial charge < -0.3 is 9.84 Å². The molecular formula is C15H20O2. The molecule has 0 bridgehead atoms. The molecule has 0 aromatic heterocycles. The van der Waals surface area contributed by atoms with E-state index in [1.165, 1.54) is 24.0 Å². The largest absolute Gasteiger partial charge is 0.386 e. The number of aryl methyl sites for hydroxylation is 2. The number of fused-ring (bicyclic) bond motifs is 1. The Balaban J connectivity index is 1.83. The van der Waals surface area contributed by atoms with Gasteiger partial charge in [-0.3, -0.25) is 0 Å². The third kappa shape index (κ3) is 2.00. The van der Waals surface area contributed by atoms with Crippen molar-refractivity contribution in [1.29, 1.82) is 0 Å². The van der Waals surface area contributed by atoms with Crippen molar-refractivity contribution in [3.8, 4) is 0 Å². The summed E-state index contributed by atoms with van der Waals surface area (Å²) in [5.41, 5.74) is 3.91. The molecule has 1 N–H and O–H groups in total. The molecular weight excluding hydrogens is 212 g/mol. The summed E-state index contributed by atoms with van der Waals surface area (Å²) < 4.78 is 5.65. The van der Waals surface area contributed by atoms with E-state index in [2.05, 4.69) is 25.1 Å². The molecule has 1 aromatic rings. The van der Waals surface area contributed by atoms with Crippen LogP contribution in [0.15, 0.2) is 18.2 Å². The van der Waals surface area contributed by atoms with Crippen molar-refractivity contribution < 1.29 is 9.84 Å². The average Bonchev–Trinajstić information content (AvgIpc) is 2.95. The molecule has 0 spiro atoms. The Morgan fingerprint density at radius 3 is 2.88 bits per heavy atom. The highest BCUT2D eigenvalue weighted by molar-refractivity contribution is 5.36. The summed E-state index contributed by atoms with van der Waals surface area (Å²) in [4.78, 5) is 0. The number of aliphatic hydroxyl groups is 1. The van der Waals surface area contributed by atoms with Gasteiger partial charge in [0.05, 0.1) is 6.10 Å². The summed E-state index contributed by atoms with van der Waals surface area (Å²) in [6, 6.07) is 6.44. The van der Waals surface area contributed by atoms with Crippen LogP contribution < -0.4 is 0 Å². The van der Waals surface area contributed by atoms with E-state index in [4.69, 9.17) is 4.74 Å². The smallest absolute Gasteiger partial charge is 0.105 e. The molecule has 2 nitrogen and oxygen atoms in total. The van der Waals surface area contributed by atoms with Crippen molar-refractivity contribution in [2.24, 2.45) is 5.92 Å². The molecule has 3 rings (SSSR count). The molecule has 1 aromatic carbocycles.